The van der Waals surface area contributed by atoms with Gasteiger partial charge in [0.05, 0.1) is 22.6 Å². The number of carbonyl (C=O) groups excluding carboxylic acids is 2. The monoisotopic (exact) mass is 364 g/mol. The van der Waals surface area contributed by atoms with Crippen molar-refractivity contribution in [1.82, 2.24) is 4.90 Å². The highest BCUT2D eigenvalue weighted by Crippen LogP contribution is 2.50. The number of ether oxygens (including phenoxy) is 1. The van der Waals surface area contributed by atoms with Gasteiger partial charge in [-0.25, -0.2) is 4.79 Å². The lowest BCUT2D eigenvalue weighted by molar-refractivity contribution is -0.168. The molecule has 2 fully saturated rings. The quantitative estimate of drug-likeness (QED) is 0.349. The summed E-state index contributed by atoms with van der Waals surface area (Å²) in [5, 5.41) is 17.3. The van der Waals surface area contributed by atoms with Crippen molar-refractivity contribution < 1.29 is 34.1 Å². The Labute approximate surface area is 139 Å². The van der Waals surface area contributed by atoms with E-state index in [-0.39, 0.29) is 11.5 Å². The summed E-state index contributed by atoms with van der Waals surface area (Å²) in [6.07, 6.45) is 0.443. The number of β-lactam (4-membered cyclic amide) rings is 1. The minimum absolute atomic E-state index is 0.0422. The molecule has 0 radical (unpaired) electrons. The molecular formula is C12H16N2O7S2. The van der Waals surface area contributed by atoms with Gasteiger partial charge >= 0.3 is 11.9 Å². The molecule has 2 aliphatic heterocycles. The van der Waals surface area contributed by atoms with Crippen LogP contribution in [-0.2, 0) is 23.9 Å². The van der Waals surface area contributed by atoms with E-state index in [2.05, 4.69) is 0 Å². The number of nitrogens with zero attached hydrogens (tertiary/aromatic N) is 1. The van der Waals surface area contributed by atoms with E-state index >= 15 is 0 Å². The summed E-state index contributed by atoms with van der Waals surface area (Å²) in [5.74, 6) is -3.95. The van der Waals surface area contributed by atoms with E-state index in [4.69, 9.17) is 15.6 Å². The van der Waals surface area contributed by atoms with Gasteiger partial charge in [0.2, 0.25) is 5.91 Å². The fraction of sp³-hybridized carbons (Fsp3) is 0.667. The molecule has 2 aliphatic rings. The summed E-state index contributed by atoms with van der Waals surface area (Å²) in [7, 11) is 1.34. The summed E-state index contributed by atoms with van der Waals surface area (Å²) in [6.45, 7) is 0. The van der Waals surface area contributed by atoms with Crippen molar-refractivity contribution in [2.45, 2.75) is 22.4 Å². The molecule has 9 nitrogen and oxygen atoms in total. The van der Waals surface area contributed by atoms with E-state index in [9.17, 15) is 24.3 Å². The van der Waals surface area contributed by atoms with Crippen molar-refractivity contribution in [3.63, 3.8) is 0 Å². The smallest absolute Gasteiger partial charge is 0.330 e. The van der Waals surface area contributed by atoms with Crippen LogP contribution in [0.2, 0.25) is 0 Å². The number of carboxylic acids is 2. The van der Waals surface area contributed by atoms with Crippen LogP contribution in [0.3, 0.4) is 0 Å². The van der Waals surface area contributed by atoms with Crippen LogP contribution in [0.15, 0.2) is 0 Å². The molecule has 23 heavy (non-hydrogen) atoms. The van der Waals surface area contributed by atoms with Gasteiger partial charge in [-0.2, -0.15) is 0 Å². The topological polar surface area (TPSA) is 147 Å². The second-order valence-corrected chi connectivity index (χ2v) is 7.46. The summed E-state index contributed by atoms with van der Waals surface area (Å²) < 4.78 is 5.10. The molecule has 0 aromatic carbocycles. The zero-order valence-corrected chi connectivity index (χ0v) is 13.7. The van der Waals surface area contributed by atoms with Crippen LogP contribution in [0, 0.1) is 5.92 Å². The number of nitrogens with two attached hydrogens (primary N) is 1. The Morgan fingerprint density at radius 1 is 1.52 bits per heavy atom. The van der Waals surface area contributed by atoms with Gasteiger partial charge in [0.25, 0.3) is 0 Å². The van der Waals surface area contributed by atoms with Gasteiger partial charge in [0.15, 0.2) is 6.04 Å². The van der Waals surface area contributed by atoms with Crippen LogP contribution < -0.4 is 5.73 Å². The number of carboxylic acid groups (broad SMARTS) is 2. The fourth-order valence-electron chi connectivity index (χ4n) is 2.70. The van der Waals surface area contributed by atoms with Gasteiger partial charge in [0, 0.05) is 12.9 Å². The number of aliphatic carboxylic acids is 2. The number of aldehydes is 1. The second-order valence-electron chi connectivity index (χ2n) is 5.25. The Hall–Kier alpha value is -1.30. The van der Waals surface area contributed by atoms with E-state index in [1.807, 2.05) is 0 Å². The second kappa shape index (κ2) is 6.67. The minimum atomic E-state index is -1.54. The van der Waals surface area contributed by atoms with Crippen molar-refractivity contribution in [2.75, 3.05) is 18.6 Å². The third-order valence-electron chi connectivity index (χ3n) is 3.77. The fourth-order valence-corrected chi connectivity index (χ4v) is 5.25. The molecule has 2 heterocycles. The third-order valence-corrected chi connectivity index (χ3v) is 6.42. The molecule has 0 saturated carbocycles. The normalized spacial score (nSPS) is 31.9. The third kappa shape index (κ3) is 3.05. The predicted molar refractivity (Wildman–Crippen MR) is 81.9 cm³/mol. The van der Waals surface area contributed by atoms with Crippen LogP contribution in [0.4, 0.5) is 0 Å². The number of thioether (sulfide) groups is 2. The molecule has 4 unspecified atom stereocenters. The SMILES string of the molecule is COC1SC2C([C@](N)(C=O)CSCC(=O)O)C(=O)N2C1C(=O)O. The summed E-state index contributed by atoms with van der Waals surface area (Å²) in [5.41, 5.74) is 3.73. The maximum absolute atomic E-state index is 12.4. The maximum Gasteiger partial charge on any atom is 0.330 e. The lowest BCUT2D eigenvalue weighted by atomic mass is 9.79. The van der Waals surface area contributed by atoms with E-state index in [1.165, 1.54) is 12.0 Å². The molecule has 2 rings (SSSR count). The highest BCUT2D eigenvalue weighted by Gasteiger charge is 2.66. The molecule has 11 heteroatoms. The Bertz CT molecular complexity index is 546. The lowest BCUT2D eigenvalue weighted by Crippen LogP contribution is -2.72. The first-order valence-electron chi connectivity index (χ1n) is 6.55. The van der Waals surface area contributed by atoms with Crippen molar-refractivity contribution in [3.8, 4) is 0 Å². The average molecular weight is 364 g/mol. The number of rotatable bonds is 8. The Morgan fingerprint density at radius 2 is 2.17 bits per heavy atom. The zero-order valence-electron chi connectivity index (χ0n) is 12.1. The average Bonchev–Trinajstić information content (AvgIpc) is 2.81. The van der Waals surface area contributed by atoms with Crippen LogP contribution in [-0.4, -0.2) is 80.3 Å². The zero-order chi connectivity index (χ0) is 17.4. The first-order chi connectivity index (χ1) is 10.8. The van der Waals surface area contributed by atoms with Crippen molar-refractivity contribution >= 4 is 47.7 Å². The largest absolute Gasteiger partial charge is 0.481 e. The molecule has 4 N–H and O–H groups in total. The molecule has 1 amide bonds. The lowest BCUT2D eigenvalue weighted by Gasteiger charge is -2.49. The van der Waals surface area contributed by atoms with Crippen LogP contribution >= 0.6 is 23.5 Å². The number of amides is 1. The summed E-state index contributed by atoms with van der Waals surface area (Å²) in [4.78, 5) is 46.8. The van der Waals surface area contributed by atoms with Crippen molar-refractivity contribution in [2.24, 2.45) is 11.7 Å². The molecule has 5 atom stereocenters. The molecule has 0 bridgehead atoms. The number of carbonyl (C=O) groups is 4. The van der Waals surface area contributed by atoms with Gasteiger partial charge in [0.1, 0.15) is 11.7 Å². The Balaban J connectivity index is 2.15. The number of hydrogen-bond donors (Lipinski definition) is 3. The Morgan fingerprint density at radius 3 is 2.65 bits per heavy atom. The van der Waals surface area contributed by atoms with Crippen molar-refractivity contribution in [3.05, 3.63) is 0 Å². The van der Waals surface area contributed by atoms with Crippen LogP contribution in [0.1, 0.15) is 0 Å². The Kier molecular flexibility index (Phi) is 5.23. The minimum Gasteiger partial charge on any atom is -0.481 e. The number of fused-ring (bicyclic) bond motifs is 1. The number of methoxy groups -OCH3 is 1. The van der Waals surface area contributed by atoms with Gasteiger partial charge in [-0.15, -0.1) is 23.5 Å². The predicted octanol–water partition coefficient (Wildman–Crippen LogP) is -1.34. The van der Waals surface area contributed by atoms with E-state index in [1.54, 1.807) is 0 Å². The number of hydrogen-bond acceptors (Lipinski definition) is 8. The summed E-state index contributed by atoms with van der Waals surface area (Å²) >= 11 is 2.07. The molecule has 2 saturated heterocycles. The van der Waals surface area contributed by atoms with Gasteiger partial charge < -0.3 is 30.4 Å². The molecular weight excluding hydrogens is 348 g/mol. The van der Waals surface area contributed by atoms with Gasteiger partial charge in [-0.3, -0.25) is 9.59 Å². The van der Waals surface area contributed by atoms with Gasteiger partial charge in [-0.1, -0.05) is 0 Å². The van der Waals surface area contributed by atoms with Crippen molar-refractivity contribution in [1.29, 1.82) is 0 Å². The first-order valence-corrected chi connectivity index (χ1v) is 8.64. The first kappa shape index (κ1) is 18.0. The standard InChI is InChI=1S/C12H16N2O7S2/c1-21-11-7(10(19)20)14-8(18)6(9(14)23-11)12(13,3-15)4-22-2-5(16)17/h3,6-7,9,11H,2,4,13H2,1H3,(H,16,17)(H,19,20)/t6?,7?,9?,11?,12-/m0/s1. The maximum atomic E-state index is 12.4. The molecule has 0 spiro atoms. The van der Waals surface area contributed by atoms with E-state index in [0.717, 1.165) is 23.5 Å². The molecule has 0 aromatic heterocycles. The highest BCUT2D eigenvalue weighted by molar-refractivity contribution is 8.01. The van der Waals surface area contributed by atoms with Gasteiger partial charge in [-0.05, 0) is 0 Å². The molecule has 0 aromatic rings. The van der Waals surface area contributed by atoms with Crippen LogP contribution in [0.25, 0.3) is 0 Å². The summed E-state index contributed by atoms with van der Waals surface area (Å²) in [6, 6.07) is -1.12. The van der Waals surface area contributed by atoms with E-state index in [0.29, 0.717) is 6.29 Å². The van der Waals surface area contributed by atoms with Crippen LogP contribution in [0.5, 0.6) is 0 Å². The van der Waals surface area contributed by atoms with E-state index < -0.39 is 46.2 Å². The molecule has 128 valence electrons. The highest BCUT2D eigenvalue weighted by atomic mass is 32.2. The molecule has 0 aliphatic carbocycles.